The van der Waals surface area contributed by atoms with E-state index >= 15 is 0 Å². The lowest BCUT2D eigenvalue weighted by atomic mass is 10.1. The Kier molecular flexibility index (Phi) is 3.63. The Labute approximate surface area is 155 Å². The van der Waals surface area contributed by atoms with Gasteiger partial charge in [0.15, 0.2) is 5.82 Å². The van der Waals surface area contributed by atoms with Crippen LogP contribution in [0.4, 0.5) is 4.39 Å². The molecule has 1 N–H and O–H groups in total. The zero-order valence-electron chi connectivity index (χ0n) is 14.7. The summed E-state index contributed by atoms with van der Waals surface area (Å²) in [5, 5.41) is 7.36. The van der Waals surface area contributed by atoms with Crippen LogP contribution in [0.5, 0.6) is 5.75 Å². The smallest absolute Gasteiger partial charge is 0.166 e. The first-order valence-corrected chi connectivity index (χ1v) is 8.89. The van der Waals surface area contributed by atoms with E-state index in [-0.39, 0.29) is 11.4 Å². The van der Waals surface area contributed by atoms with Crippen LogP contribution in [0.15, 0.2) is 48.7 Å². The number of hydrogen-bond donors (Lipinski definition) is 1. The third-order valence-corrected chi connectivity index (χ3v) is 4.95. The van der Waals surface area contributed by atoms with Gasteiger partial charge in [-0.25, -0.2) is 14.4 Å². The van der Waals surface area contributed by atoms with Crippen LogP contribution in [0.2, 0.25) is 0 Å². The lowest BCUT2D eigenvalue weighted by Gasteiger charge is -2.08. The van der Waals surface area contributed by atoms with Gasteiger partial charge in [0.25, 0.3) is 0 Å². The maximum absolute atomic E-state index is 14.4. The van der Waals surface area contributed by atoms with Crippen LogP contribution in [0.1, 0.15) is 24.3 Å². The summed E-state index contributed by atoms with van der Waals surface area (Å²) >= 11 is 0. The number of H-pyrrole nitrogens is 1. The van der Waals surface area contributed by atoms with Crippen molar-refractivity contribution >= 4 is 11.0 Å². The molecule has 1 saturated carbocycles. The van der Waals surface area contributed by atoms with Crippen LogP contribution in [-0.4, -0.2) is 27.3 Å². The van der Waals surface area contributed by atoms with Crippen molar-refractivity contribution in [2.75, 3.05) is 7.11 Å². The molecule has 5 nitrogen and oxygen atoms in total. The Hall–Kier alpha value is -3.28. The van der Waals surface area contributed by atoms with Crippen LogP contribution in [-0.2, 0) is 0 Å². The summed E-state index contributed by atoms with van der Waals surface area (Å²) in [4.78, 5) is 8.89. The second kappa shape index (κ2) is 6.16. The SMILES string of the molecule is COc1cccc(F)c1-c1ncc2[nH]nc(-c3ccc(C4CC4)cc3)c2n1. The Morgan fingerprint density at radius 3 is 2.67 bits per heavy atom. The van der Waals surface area contributed by atoms with Gasteiger partial charge < -0.3 is 4.74 Å². The third-order valence-electron chi connectivity index (χ3n) is 4.95. The second-order valence-electron chi connectivity index (χ2n) is 6.74. The number of aromatic amines is 1. The average molecular weight is 360 g/mol. The lowest BCUT2D eigenvalue weighted by molar-refractivity contribution is 0.413. The molecule has 6 heteroatoms. The van der Waals surface area contributed by atoms with Crippen LogP contribution >= 0.6 is 0 Å². The Morgan fingerprint density at radius 1 is 1.11 bits per heavy atom. The number of ether oxygens (including phenoxy) is 1. The molecule has 0 saturated heterocycles. The molecule has 0 aliphatic heterocycles. The molecular weight excluding hydrogens is 343 g/mol. The standard InChI is InChI=1S/C21H17FN4O/c1-27-17-4-2-3-15(22)18(17)21-23-11-16-20(24-21)19(26-25-16)14-9-7-13(8-10-14)12-5-6-12/h2-4,7-12H,5-6H2,1H3,(H,25,26). The number of hydrogen-bond acceptors (Lipinski definition) is 4. The first kappa shape index (κ1) is 15.9. The number of fused-ring (bicyclic) bond motifs is 1. The van der Waals surface area contributed by atoms with E-state index in [0.717, 1.165) is 11.3 Å². The van der Waals surface area contributed by atoms with Crippen LogP contribution in [0, 0.1) is 5.82 Å². The Bertz CT molecular complexity index is 1130. The summed E-state index contributed by atoms with van der Waals surface area (Å²) in [5.41, 5.74) is 4.67. The maximum Gasteiger partial charge on any atom is 0.166 e. The van der Waals surface area contributed by atoms with Crippen molar-refractivity contribution in [3.8, 4) is 28.4 Å². The van der Waals surface area contributed by atoms with Gasteiger partial charge in [-0.3, -0.25) is 5.10 Å². The van der Waals surface area contributed by atoms with Gasteiger partial charge in [0, 0.05) is 5.56 Å². The topological polar surface area (TPSA) is 63.7 Å². The highest BCUT2D eigenvalue weighted by molar-refractivity contribution is 5.90. The van der Waals surface area contributed by atoms with Gasteiger partial charge >= 0.3 is 0 Å². The Balaban J connectivity index is 1.63. The van der Waals surface area contributed by atoms with Crippen molar-refractivity contribution < 1.29 is 9.13 Å². The third kappa shape index (κ3) is 2.73. The molecule has 27 heavy (non-hydrogen) atoms. The van der Waals surface area contributed by atoms with E-state index in [1.807, 2.05) is 0 Å². The molecular formula is C21H17FN4O. The molecule has 1 fully saturated rings. The fourth-order valence-corrected chi connectivity index (χ4v) is 3.36. The summed E-state index contributed by atoms with van der Waals surface area (Å²) in [6.45, 7) is 0. The minimum Gasteiger partial charge on any atom is -0.496 e. The minimum atomic E-state index is -0.424. The number of aromatic nitrogens is 4. The van der Waals surface area contributed by atoms with Gasteiger partial charge in [0.1, 0.15) is 28.3 Å². The molecule has 1 aliphatic carbocycles. The molecule has 0 radical (unpaired) electrons. The van der Waals surface area contributed by atoms with E-state index in [1.165, 1.54) is 31.6 Å². The quantitative estimate of drug-likeness (QED) is 0.572. The summed E-state index contributed by atoms with van der Waals surface area (Å²) < 4.78 is 19.7. The average Bonchev–Trinajstić information content (AvgIpc) is 3.47. The van der Waals surface area contributed by atoms with Crippen LogP contribution in [0.3, 0.4) is 0 Å². The van der Waals surface area contributed by atoms with Crippen molar-refractivity contribution in [1.82, 2.24) is 20.2 Å². The lowest BCUT2D eigenvalue weighted by Crippen LogP contribution is -1.96. The first-order chi connectivity index (χ1) is 13.2. The van der Waals surface area contributed by atoms with Crippen LogP contribution in [0.25, 0.3) is 33.7 Å². The molecule has 5 rings (SSSR count). The highest BCUT2D eigenvalue weighted by atomic mass is 19.1. The number of halogens is 1. The molecule has 2 aromatic heterocycles. The van der Waals surface area contributed by atoms with Gasteiger partial charge in [-0.2, -0.15) is 5.10 Å². The zero-order valence-corrected chi connectivity index (χ0v) is 14.7. The van der Waals surface area contributed by atoms with Crippen molar-refractivity contribution in [1.29, 1.82) is 0 Å². The fraction of sp³-hybridized carbons (Fsp3) is 0.190. The number of methoxy groups -OCH3 is 1. The van der Waals surface area contributed by atoms with Gasteiger partial charge in [-0.05, 0) is 36.5 Å². The van der Waals surface area contributed by atoms with Gasteiger partial charge in [-0.1, -0.05) is 30.3 Å². The van der Waals surface area contributed by atoms with Gasteiger partial charge in [0.05, 0.1) is 18.9 Å². The first-order valence-electron chi connectivity index (χ1n) is 8.89. The van der Waals surface area contributed by atoms with E-state index in [4.69, 9.17) is 4.74 Å². The monoisotopic (exact) mass is 360 g/mol. The van der Waals surface area contributed by atoms with E-state index in [1.54, 1.807) is 18.3 Å². The highest BCUT2D eigenvalue weighted by Gasteiger charge is 2.23. The van der Waals surface area contributed by atoms with E-state index in [2.05, 4.69) is 44.4 Å². The van der Waals surface area contributed by atoms with Crippen LogP contribution < -0.4 is 4.74 Å². The molecule has 2 heterocycles. The van der Waals surface area contributed by atoms with E-state index in [0.29, 0.717) is 22.7 Å². The van der Waals surface area contributed by atoms with Crippen molar-refractivity contribution in [2.24, 2.45) is 0 Å². The second-order valence-corrected chi connectivity index (χ2v) is 6.74. The van der Waals surface area contributed by atoms with E-state index < -0.39 is 5.82 Å². The minimum absolute atomic E-state index is 0.248. The van der Waals surface area contributed by atoms with Crippen molar-refractivity contribution in [2.45, 2.75) is 18.8 Å². The predicted molar refractivity (Wildman–Crippen MR) is 101 cm³/mol. The molecule has 4 aromatic rings. The number of nitrogens with one attached hydrogen (secondary N) is 1. The number of nitrogens with zero attached hydrogens (tertiary/aromatic N) is 3. The largest absolute Gasteiger partial charge is 0.496 e. The molecule has 134 valence electrons. The van der Waals surface area contributed by atoms with Gasteiger partial charge in [0.2, 0.25) is 0 Å². The normalized spacial score (nSPS) is 13.9. The van der Waals surface area contributed by atoms with Crippen molar-refractivity contribution in [3.05, 3.63) is 60.0 Å². The Morgan fingerprint density at radius 2 is 1.93 bits per heavy atom. The highest BCUT2D eigenvalue weighted by Crippen LogP contribution is 2.40. The van der Waals surface area contributed by atoms with Gasteiger partial charge in [-0.15, -0.1) is 0 Å². The molecule has 0 bridgehead atoms. The number of rotatable bonds is 4. The molecule has 2 aromatic carbocycles. The summed E-state index contributed by atoms with van der Waals surface area (Å²) in [7, 11) is 1.50. The summed E-state index contributed by atoms with van der Waals surface area (Å²) in [5.74, 6) is 0.952. The maximum atomic E-state index is 14.4. The number of benzene rings is 2. The predicted octanol–water partition coefficient (Wildman–Crippen LogP) is 4.71. The fourth-order valence-electron chi connectivity index (χ4n) is 3.36. The molecule has 0 unspecified atom stereocenters. The zero-order chi connectivity index (χ0) is 18.4. The molecule has 0 atom stereocenters. The van der Waals surface area contributed by atoms with E-state index in [9.17, 15) is 4.39 Å². The summed E-state index contributed by atoms with van der Waals surface area (Å²) in [6.07, 6.45) is 4.16. The summed E-state index contributed by atoms with van der Waals surface area (Å²) in [6, 6.07) is 13.1. The molecule has 0 amide bonds. The molecule has 0 spiro atoms. The van der Waals surface area contributed by atoms with Crippen molar-refractivity contribution in [3.63, 3.8) is 0 Å². The molecule has 1 aliphatic rings.